The quantitative estimate of drug-likeness (QED) is 0.745. The summed E-state index contributed by atoms with van der Waals surface area (Å²) >= 11 is 0. The van der Waals surface area contributed by atoms with E-state index in [-0.39, 0.29) is 6.42 Å². The van der Waals surface area contributed by atoms with E-state index in [9.17, 15) is 4.79 Å². The average molecular weight is 265 g/mol. The number of nitrogens with zero attached hydrogens (tertiary/aromatic N) is 1. The Morgan fingerprint density at radius 2 is 2.05 bits per heavy atom. The highest BCUT2D eigenvalue weighted by molar-refractivity contribution is 5.66. The van der Waals surface area contributed by atoms with Crippen molar-refractivity contribution in [2.24, 2.45) is 5.92 Å². The molecule has 1 unspecified atom stereocenters. The second kappa shape index (κ2) is 8.53. The fraction of sp³-hybridized carbons (Fsp3) is 0.533. The van der Waals surface area contributed by atoms with Gasteiger partial charge in [0.15, 0.2) is 0 Å². The number of hydrogen-bond acceptors (Lipinski definition) is 3. The number of aliphatic carboxylic acids is 1. The van der Waals surface area contributed by atoms with Gasteiger partial charge < -0.3 is 14.7 Å². The Bertz CT molecular complexity index is 367. The SMILES string of the molecule is COCC(C)CN(CCCC(=O)O)c1ccccc1. The minimum absolute atomic E-state index is 0.210. The molecule has 19 heavy (non-hydrogen) atoms. The normalized spacial score (nSPS) is 12.1. The number of benzene rings is 1. The number of carboxylic acids is 1. The van der Waals surface area contributed by atoms with Crippen molar-refractivity contribution >= 4 is 11.7 Å². The highest BCUT2D eigenvalue weighted by Crippen LogP contribution is 2.16. The van der Waals surface area contributed by atoms with Gasteiger partial charge in [-0.3, -0.25) is 4.79 Å². The molecule has 0 saturated carbocycles. The summed E-state index contributed by atoms with van der Waals surface area (Å²) in [6.07, 6.45) is 0.867. The van der Waals surface area contributed by atoms with Crippen LogP contribution in [0.3, 0.4) is 0 Å². The van der Waals surface area contributed by atoms with Crippen LogP contribution in [0.25, 0.3) is 0 Å². The Morgan fingerprint density at radius 3 is 2.63 bits per heavy atom. The number of carboxylic acid groups (broad SMARTS) is 1. The molecule has 1 aromatic rings. The van der Waals surface area contributed by atoms with Gasteiger partial charge in [-0.25, -0.2) is 0 Å². The molecule has 0 heterocycles. The summed E-state index contributed by atoms with van der Waals surface area (Å²) in [7, 11) is 1.70. The van der Waals surface area contributed by atoms with Crippen molar-refractivity contribution in [1.82, 2.24) is 0 Å². The van der Waals surface area contributed by atoms with Crippen LogP contribution in [0, 0.1) is 5.92 Å². The largest absolute Gasteiger partial charge is 0.481 e. The third-order valence-corrected chi connectivity index (χ3v) is 2.92. The van der Waals surface area contributed by atoms with Crippen LogP contribution in [0.2, 0.25) is 0 Å². The smallest absolute Gasteiger partial charge is 0.303 e. The van der Waals surface area contributed by atoms with E-state index < -0.39 is 5.97 Å². The van der Waals surface area contributed by atoms with E-state index >= 15 is 0 Å². The summed E-state index contributed by atoms with van der Waals surface area (Å²) in [6.45, 7) is 4.47. The van der Waals surface area contributed by atoms with Gasteiger partial charge in [-0.1, -0.05) is 25.1 Å². The van der Waals surface area contributed by atoms with Crippen LogP contribution in [-0.4, -0.2) is 37.9 Å². The molecule has 106 valence electrons. The van der Waals surface area contributed by atoms with Gasteiger partial charge in [0.1, 0.15) is 0 Å². The summed E-state index contributed by atoms with van der Waals surface area (Å²) in [4.78, 5) is 12.8. The van der Waals surface area contributed by atoms with E-state index in [2.05, 4.69) is 24.0 Å². The van der Waals surface area contributed by atoms with Crippen LogP contribution in [0.4, 0.5) is 5.69 Å². The lowest BCUT2D eigenvalue weighted by Crippen LogP contribution is -2.31. The maximum absolute atomic E-state index is 10.6. The zero-order valence-corrected chi connectivity index (χ0v) is 11.7. The standard InChI is InChI=1S/C15H23NO3/c1-13(12-19-2)11-16(10-6-9-15(17)18)14-7-4-3-5-8-14/h3-5,7-8,13H,6,9-12H2,1-2H3,(H,17,18). The van der Waals surface area contributed by atoms with Gasteiger partial charge in [0.25, 0.3) is 0 Å². The maximum Gasteiger partial charge on any atom is 0.303 e. The number of methoxy groups -OCH3 is 1. The first-order chi connectivity index (χ1) is 9.13. The molecule has 1 N–H and O–H groups in total. The highest BCUT2D eigenvalue weighted by atomic mass is 16.5. The lowest BCUT2D eigenvalue weighted by molar-refractivity contribution is -0.137. The van der Waals surface area contributed by atoms with Crippen LogP contribution in [0.15, 0.2) is 30.3 Å². The van der Waals surface area contributed by atoms with E-state index in [1.165, 1.54) is 0 Å². The highest BCUT2D eigenvalue weighted by Gasteiger charge is 2.11. The van der Waals surface area contributed by atoms with Crippen LogP contribution in [0.5, 0.6) is 0 Å². The Labute approximate surface area is 115 Å². The Morgan fingerprint density at radius 1 is 1.37 bits per heavy atom. The molecule has 0 amide bonds. The number of ether oxygens (including phenoxy) is 1. The number of anilines is 1. The lowest BCUT2D eigenvalue weighted by atomic mass is 10.1. The number of carbonyl (C=O) groups is 1. The maximum atomic E-state index is 10.6. The van der Waals surface area contributed by atoms with Crippen LogP contribution in [0.1, 0.15) is 19.8 Å². The molecule has 1 aromatic carbocycles. The van der Waals surface area contributed by atoms with Crippen molar-refractivity contribution in [3.05, 3.63) is 30.3 Å². The minimum Gasteiger partial charge on any atom is -0.481 e. The van der Waals surface area contributed by atoms with Crippen molar-refractivity contribution in [2.45, 2.75) is 19.8 Å². The number of rotatable bonds is 9. The van der Waals surface area contributed by atoms with Crippen LogP contribution in [-0.2, 0) is 9.53 Å². The van der Waals surface area contributed by atoms with E-state index in [1.54, 1.807) is 7.11 Å². The second-order valence-electron chi connectivity index (χ2n) is 4.84. The van der Waals surface area contributed by atoms with Crippen molar-refractivity contribution in [1.29, 1.82) is 0 Å². The zero-order chi connectivity index (χ0) is 14.1. The van der Waals surface area contributed by atoms with Gasteiger partial charge in [-0.15, -0.1) is 0 Å². The molecule has 0 aliphatic rings. The molecular formula is C15H23NO3. The van der Waals surface area contributed by atoms with E-state index in [4.69, 9.17) is 9.84 Å². The number of para-hydroxylation sites is 1. The van der Waals surface area contributed by atoms with Gasteiger partial charge in [-0.05, 0) is 24.5 Å². The zero-order valence-electron chi connectivity index (χ0n) is 11.7. The van der Waals surface area contributed by atoms with Crippen molar-refractivity contribution in [3.8, 4) is 0 Å². The molecule has 0 bridgehead atoms. The Hall–Kier alpha value is -1.55. The van der Waals surface area contributed by atoms with Gasteiger partial charge in [0.2, 0.25) is 0 Å². The molecule has 0 radical (unpaired) electrons. The molecule has 0 saturated heterocycles. The Kier molecular flexibility index (Phi) is 6.97. The molecule has 0 aromatic heterocycles. The predicted molar refractivity (Wildman–Crippen MR) is 76.6 cm³/mol. The minimum atomic E-state index is -0.738. The first-order valence-corrected chi connectivity index (χ1v) is 6.64. The molecule has 4 heteroatoms. The summed E-state index contributed by atoms with van der Waals surface area (Å²) in [6, 6.07) is 10.1. The van der Waals surface area contributed by atoms with Gasteiger partial charge in [0.05, 0.1) is 6.61 Å². The molecule has 0 spiro atoms. The lowest BCUT2D eigenvalue weighted by Gasteiger charge is -2.27. The van der Waals surface area contributed by atoms with E-state index in [1.807, 2.05) is 18.2 Å². The fourth-order valence-electron chi connectivity index (χ4n) is 2.10. The molecule has 0 aliphatic heterocycles. The third kappa shape index (κ3) is 6.25. The van der Waals surface area contributed by atoms with Crippen LogP contribution >= 0.6 is 0 Å². The molecule has 1 atom stereocenters. The second-order valence-corrected chi connectivity index (χ2v) is 4.84. The van der Waals surface area contributed by atoms with Crippen molar-refractivity contribution in [3.63, 3.8) is 0 Å². The predicted octanol–water partition coefficient (Wildman–Crippen LogP) is 2.64. The first-order valence-electron chi connectivity index (χ1n) is 6.64. The molecule has 0 aliphatic carbocycles. The first kappa shape index (κ1) is 15.5. The van der Waals surface area contributed by atoms with E-state index in [0.29, 0.717) is 18.9 Å². The molecular weight excluding hydrogens is 242 g/mol. The molecule has 0 fully saturated rings. The fourth-order valence-corrected chi connectivity index (χ4v) is 2.10. The van der Waals surface area contributed by atoms with E-state index in [0.717, 1.165) is 18.8 Å². The summed E-state index contributed by atoms with van der Waals surface area (Å²) in [5.74, 6) is -0.326. The molecule has 4 nitrogen and oxygen atoms in total. The topological polar surface area (TPSA) is 49.8 Å². The average Bonchev–Trinajstić information content (AvgIpc) is 2.38. The number of hydrogen-bond donors (Lipinski definition) is 1. The molecule has 1 rings (SSSR count). The van der Waals surface area contributed by atoms with Gasteiger partial charge in [0, 0.05) is 32.3 Å². The summed E-state index contributed by atoms with van der Waals surface area (Å²) < 4.78 is 5.16. The van der Waals surface area contributed by atoms with Crippen molar-refractivity contribution < 1.29 is 14.6 Å². The monoisotopic (exact) mass is 265 g/mol. The summed E-state index contributed by atoms with van der Waals surface area (Å²) in [5, 5.41) is 8.72. The van der Waals surface area contributed by atoms with Gasteiger partial charge >= 0.3 is 5.97 Å². The third-order valence-electron chi connectivity index (χ3n) is 2.92. The van der Waals surface area contributed by atoms with Gasteiger partial charge in [-0.2, -0.15) is 0 Å². The van der Waals surface area contributed by atoms with Crippen LogP contribution < -0.4 is 4.90 Å². The Balaban J connectivity index is 2.60. The summed E-state index contributed by atoms with van der Waals surface area (Å²) in [5.41, 5.74) is 1.14. The van der Waals surface area contributed by atoms with Crippen molar-refractivity contribution in [2.75, 3.05) is 31.7 Å².